The third kappa shape index (κ3) is 4.48. The molecule has 2 aromatic rings. The lowest BCUT2D eigenvalue weighted by Crippen LogP contribution is -2.37. The zero-order valence-electron chi connectivity index (χ0n) is 12.7. The number of anilines is 1. The van der Waals surface area contributed by atoms with Crippen LogP contribution in [0.25, 0.3) is 0 Å². The molecule has 0 aliphatic heterocycles. The highest BCUT2D eigenvalue weighted by atomic mass is 35.5. The van der Waals surface area contributed by atoms with E-state index in [1.165, 1.54) is 0 Å². The summed E-state index contributed by atoms with van der Waals surface area (Å²) in [5, 5.41) is 10.1. The van der Waals surface area contributed by atoms with Crippen molar-refractivity contribution >= 4 is 23.2 Å². The summed E-state index contributed by atoms with van der Waals surface area (Å²) in [6.45, 7) is 0.767. The minimum Gasteiger partial charge on any atom is -0.508 e. The molecule has 4 nitrogen and oxygen atoms in total. The van der Waals surface area contributed by atoms with Crippen LogP contribution in [-0.2, 0) is 11.3 Å². The number of aromatic hydroxyl groups is 1. The third-order valence-electron chi connectivity index (χ3n) is 3.17. The molecule has 2 rings (SSSR count). The van der Waals surface area contributed by atoms with Crippen LogP contribution in [0.5, 0.6) is 5.75 Å². The van der Waals surface area contributed by atoms with Crippen molar-refractivity contribution in [2.24, 2.45) is 0 Å². The van der Waals surface area contributed by atoms with E-state index in [1.54, 1.807) is 29.2 Å². The second-order valence-electron chi connectivity index (χ2n) is 5.36. The molecule has 0 saturated heterocycles. The maximum absolute atomic E-state index is 12.5. The number of carbonyl (C=O) groups is 1. The predicted octanol–water partition coefficient (Wildman–Crippen LogP) is 3.14. The zero-order chi connectivity index (χ0) is 16.1. The van der Waals surface area contributed by atoms with Crippen LogP contribution in [0.15, 0.2) is 48.5 Å². The molecule has 116 valence electrons. The topological polar surface area (TPSA) is 43.8 Å². The summed E-state index contributed by atoms with van der Waals surface area (Å²) in [7, 11) is 3.71. The van der Waals surface area contributed by atoms with E-state index in [2.05, 4.69) is 0 Å². The fourth-order valence-corrected chi connectivity index (χ4v) is 2.21. The second kappa shape index (κ2) is 7.29. The molecule has 0 fully saturated rings. The van der Waals surface area contributed by atoms with Crippen LogP contribution in [0.3, 0.4) is 0 Å². The number of hydrogen-bond acceptors (Lipinski definition) is 3. The van der Waals surface area contributed by atoms with Gasteiger partial charge in [-0.2, -0.15) is 0 Å². The Bertz CT molecular complexity index is 624. The lowest BCUT2D eigenvalue weighted by molar-refractivity contribution is -0.119. The smallest absolute Gasteiger partial charge is 0.241 e. The Morgan fingerprint density at radius 2 is 1.64 bits per heavy atom. The number of nitrogens with zero attached hydrogens (tertiary/aromatic N) is 2. The number of halogens is 1. The van der Waals surface area contributed by atoms with Crippen molar-refractivity contribution in [3.63, 3.8) is 0 Å². The maximum Gasteiger partial charge on any atom is 0.241 e. The van der Waals surface area contributed by atoms with Gasteiger partial charge in [0, 0.05) is 10.7 Å². The van der Waals surface area contributed by atoms with E-state index in [1.807, 2.05) is 43.3 Å². The van der Waals surface area contributed by atoms with E-state index >= 15 is 0 Å². The largest absolute Gasteiger partial charge is 0.508 e. The molecule has 1 amide bonds. The minimum absolute atomic E-state index is 0.00867. The first-order valence-corrected chi connectivity index (χ1v) is 7.32. The van der Waals surface area contributed by atoms with Crippen molar-refractivity contribution in [1.29, 1.82) is 0 Å². The molecule has 0 bridgehead atoms. The molecule has 0 aliphatic carbocycles. The molecule has 0 saturated carbocycles. The number of rotatable bonds is 5. The highest BCUT2D eigenvalue weighted by Gasteiger charge is 2.17. The first kappa shape index (κ1) is 16.3. The quantitative estimate of drug-likeness (QED) is 0.921. The number of carbonyl (C=O) groups excluding carboxylic acids is 1. The van der Waals surface area contributed by atoms with Gasteiger partial charge in [0.25, 0.3) is 0 Å². The average molecular weight is 319 g/mol. The Kier molecular flexibility index (Phi) is 5.41. The molecule has 0 spiro atoms. The van der Waals surface area contributed by atoms with Gasteiger partial charge < -0.3 is 14.9 Å². The minimum atomic E-state index is -0.00867. The number of phenolic OH excluding ortho intramolecular Hbond substituents is 1. The SMILES string of the molecule is CN(C)CC(=O)N(Cc1ccc(Cl)cc1)c1ccc(O)cc1. The Morgan fingerprint density at radius 3 is 2.18 bits per heavy atom. The molecule has 22 heavy (non-hydrogen) atoms. The summed E-state index contributed by atoms with van der Waals surface area (Å²) in [5.74, 6) is 0.167. The Balaban J connectivity index is 2.26. The van der Waals surface area contributed by atoms with Crippen molar-refractivity contribution in [3.8, 4) is 5.75 Å². The number of hydrogen-bond donors (Lipinski definition) is 1. The van der Waals surface area contributed by atoms with Gasteiger partial charge in [-0.3, -0.25) is 4.79 Å². The number of phenols is 1. The van der Waals surface area contributed by atoms with Crippen LogP contribution in [0, 0.1) is 0 Å². The molecule has 2 aromatic carbocycles. The molecule has 0 radical (unpaired) electrons. The fourth-order valence-electron chi connectivity index (χ4n) is 2.08. The van der Waals surface area contributed by atoms with Gasteiger partial charge in [-0.05, 0) is 56.1 Å². The van der Waals surface area contributed by atoms with E-state index in [9.17, 15) is 9.90 Å². The maximum atomic E-state index is 12.5. The van der Waals surface area contributed by atoms with Gasteiger partial charge in [-0.1, -0.05) is 23.7 Å². The average Bonchev–Trinajstić information content (AvgIpc) is 2.47. The zero-order valence-corrected chi connectivity index (χ0v) is 13.4. The van der Waals surface area contributed by atoms with E-state index in [-0.39, 0.29) is 11.7 Å². The van der Waals surface area contributed by atoms with Crippen molar-refractivity contribution < 1.29 is 9.90 Å². The van der Waals surface area contributed by atoms with Crippen LogP contribution in [0.4, 0.5) is 5.69 Å². The Labute approximate surface area is 135 Å². The van der Waals surface area contributed by atoms with E-state index in [4.69, 9.17) is 11.6 Å². The highest BCUT2D eigenvalue weighted by Crippen LogP contribution is 2.21. The lowest BCUT2D eigenvalue weighted by Gasteiger charge is -2.24. The molecule has 1 N–H and O–H groups in total. The monoisotopic (exact) mass is 318 g/mol. The summed E-state index contributed by atoms with van der Waals surface area (Å²) in [6.07, 6.45) is 0. The normalized spacial score (nSPS) is 10.7. The van der Waals surface area contributed by atoms with Gasteiger partial charge in [-0.15, -0.1) is 0 Å². The lowest BCUT2D eigenvalue weighted by atomic mass is 10.2. The number of likely N-dealkylation sites (N-methyl/N-ethyl adjacent to an activating group) is 1. The summed E-state index contributed by atoms with van der Waals surface area (Å²) >= 11 is 5.90. The van der Waals surface area contributed by atoms with E-state index in [0.29, 0.717) is 18.1 Å². The van der Waals surface area contributed by atoms with Gasteiger partial charge in [0.15, 0.2) is 0 Å². The van der Waals surface area contributed by atoms with Gasteiger partial charge in [0.1, 0.15) is 5.75 Å². The summed E-state index contributed by atoms with van der Waals surface area (Å²) < 4.78 is 0. The molecule has 0 atom stereocenters. The summed E-state index contributed by atoms with van der Waals surface area (Å²) in [4.78, 5) is 16.0. The Morgan fingerprint density at radius 1 is 1.05 bits per heavy atom. The molecule has 0 heterocycles. The molecule has 0 unspecified atom stereocenters. The second-order valence-corrected chi connectivity index (χ2v) is 5.80. The molecule has 5 heteroatoms. The van der Waals surface area contributed by atoms with Crippen LogP contribution in [0.2, 0.25) is 5.02 Å². The van der Waals surface area contributed by atoms with E-state index in [0.717, 1.165) is 11.3 Å². The van der Waals surface area contributed by atoms with Crippen molar-refractivity contribution in [2.75, 3.05) is 25.5 Å². The van der Waals surface area contributed by atoms with Crippen molar-refractivity contribution in [3.05, 3.63) is 59.1 Å². The van der Waals surface area contributed by atoms with Gasteiger partial charge in [-0.25, -0.2) is 0 Å². The van der Waals surface area contributed by atoms with Crippen LogP contribution in [0.1, 0.15) is 5.56 Å². The third-order valence-corrected chi connectivity index (χ3v) is 3.42. The van der Waals surface area contributed by atoms with Gasteiger partial charge >= 0.3 is 0 Å². The van der Waals surface area contributed by atoms with Crippen molar-refractivity contribution in [1.82, 2.24) is 4.90 Å². The van der Waals surface area contributed by atoms with Gasteiger partial charge in [0.05, 0.1) is 13.1 Å². The molecule has 0 aliphatic rings. The standard InChI is InChI=1S/C17H19ClN2O2/c1-19(2)12-17(22)20(15-7-9-16(21)10-8-15)11-13-3-5-14(18)6-4-13/h3-10,21H,11-12H2,1-2H3. The molecular formula is C17H19ClN2O2. The number of benzene rings is 2. The molecule has 0 aromatic heterocycles. The first-order valence-electron chi connectivity index (χ1n) is 6.94. The summed E-state index contributed by atoms with van der Waals surface area (Å²) in [5.41, 5.74) is 1.74. The van der Waals surface area contributed by atoms with Crippen molar-refractivity contribution in [2.45, 2.75) is 6.54 Å². The Hall–Kier alpha value is -2.04. The van der Waals surface area contributed by atoms with E-state index < -0.39 is 0 Å². The van der Waals surface area contributed by atoms with Gasteiger partial charge in [0.2, 0.25) is 5.91 Å². The predicted molar refractivity (Wildman–Crippen MR) is 89.3 cm³/mol. The molecular weight excluding hydrogens is 300 g/mol. The highest BCUT2D eigenvalue weighted by molar-refractivity contribution is 6.30. The van der Waals surface area contributed by atoms with Crippen LogP contribution >= 0.6 is 11.6 Å². The fraction of sp³-hybridized carbons (Fsp3) is 0.235. The summed E-state index contributed by atoms with van der Waals surface area (Å²) in [6, 6.07) is 14.0. The number of amides is 1. The van der Waals surface area contributed by atoms with Crippen LogP contribution < -0.4 is 4.90 Å². The van der Waals surface area contributed by atoms with Crippen LogP contribution in [-0.4, -0.2) is 36.6 Å². The first-order chi connectivity index (χ1) is 10.5.